The van der Waals surface area contributed by atoms with Gasteiger partial charge in [-0.05, 0) is 32.0 Å². The van der Waals surface area contributed by atoms with Crippen LogP contribution in [-0.2, 0) is 18.4 Å². The molecule has 6 nitrogen and oxygen atoms in total. The zero-order valence-corrected chi connectivity index (χ0v) is 11.9. The molecule has 0 atom stereocenters. The van der Waals surface area contributed by atoms with Gasteiger partial charge in [-0.25, -0.2) is 0 Å². The van der Waals surface area contributed by atoms with Crippen molar-refractivity contribution in [3.63, 3.8) is 0 Å². The molecule has 1 saturated carbocycles. The van der Waals surface area contributed by atoms with Gasteiger partial charge in [0.15, 0.2) is 10.4 Å². The van der Waals surface area contributed by atoms with Gasteiger partial charge in [-0.2, -0.15) is 5.10 Å². The van der Waals surface area contributed by atoms with Crippen LogP contribution in [0.1, 0.15) is 18.5 Å². The summed E-state index contributed by atoms with van der Waals surface area (Å²) < 4.78 is 4.48. The lowest BCUT2D eigenvalue weighted by Crippen LogP contribution is -2.28. The van der Waals surface area contributed by atoms with Crippen molar-refractivity contribution >= 4 is 29.3 Å². The molecule has 2 N–H and O–H groups in total. The number of hydrogen-bond donors (Lipinski definition) is 2. The lowest BCUT2D eigenvalue weighted by molar-refractivity contribution is -0.122. The van der Waals surface area contributed by atoms with Crippen LogP contribution in [0.5, 0.6) is 0 Å². The van der Waals surface area contributed by atoms with Crippen molar-refractivity contribution in [3.8, 4) is 0 Å². The van der Waals surface area contributed by atoms with Crippen molar-refractivity contribution < 1.29 is 4.79 Å². The number of aromatic nitrogens is 4. The number of aryl methyl sites for hydroxylation is 2. The highest BCUT2D eigenvalue weighted by Gasteiger charge is 2.29. The SMILES string of the molecule is Cc1nn(C)c2c1[nH]c(=S)n2CCNC(=O)C1CC1. The number of rotatable bonds is 4. The molecule has 0 bridgehead atoms. The molecule has 0 spiro atoms. The third kappa shape index (κ3) is 2.18. The van der Waals surface area contributed by atoms with Crippen LogP contribution in [0.15, 0.2) is 0 Å². The van der Waals surface area contributed by atoms with E-state index in [0.717, 1.165) is 29.7 Å². The molecule has 0 radical (unpaired) electrons. The van der Waals surface area contributed by atoms with E-state index in [2.05, 4.69) is 15.4 Å². The molecule has 7 heteroatoms. The van der Waals surface area contributed by atoms with Crippen LogP contribution in [0, 0.1) is 17.6 Å². The highest BCUT2D eigenvalue weighted by Crippen LogP contribution is 2.28. The number of fused-ring (bicyclic) bond motifs is 1. The van der Waals surface area contributed by atoms with Crippen LogP contribution in [0.25, 0.3) is 11.2 Å². The highest BCUT2D eigenvalue weighted by molar-refractivity contribution is 7.71. The fourth-order valence-corrected chi connectivity index (χ4v) is 2.64. The fourth-order valence-electron chi connectivity index (χ4n) is 2.36. The van der Waals surface area contributed by atoms with E-state index >= 15 is 0 Å². The van der Waals surface area contributed by atoms with E-state index in [1.165, 1.54) is 0 Å². The fraction of sp³-hybridized carbons (Fsp3) is 0.583. The average molecular weight is 279 g/mol. The third-order valence-electron chi connectivity index (χ3n) is 3.51. The summed E-state index contributed by atoms with van der Waals surface area (Å²) in [4.78, 5) is 14.8. The lowest BCUT2D eigenvalue weighted by Gasteiger charge is -2.06. The molecule has 1 aliphatic carbocycles. The molecule has 2 aromatic rings. The molecule has 0 aliphatic heterocycles. The summed E-state index contributed by atoms with van der Waals surface area (Å²) in [6.45, 7) is 3.21. The smallest absolute Gasteiger partial charge is 0.223 e. The summed E-state index contributed by atoms with van der Waals surface area (Å²) in [6, 6.07) is 0. The Hall–Kier alpha value is -1.63. The van der Waals surface area contributed by atoms with Gasteiger partial charge in [0.1, 0.15) is 5.52 Å². The largest absolute Gasteiger partial charge is 0.354 e. The Kier molecular flexibility index (Phi) is 2.93. The quantitative estimate of drug-likeness (QED) is 0.828. The monoisotopic (exact) mass is 279 g/mol. The number of amides is 1. The Morgan fingerprint density at radius 3 is 3.00 bits per heavy atom. The maximum atomic E-state index is 11.6. The minimum atomic E-state index is 0.166. The molecule has 2 aromatic heterocycles. The molecule has 1 fully saturated rings. The van der Waals surface area contributed by atoms with Crippen molar-refractivity contribution in [2.24, 2.45) is 13.0 Å². The molecule has 2 heterocycles. The summed E-state index contributed by atoms with van der Waals surface area (Å²) in [5, 5.41) is 7.32. The van der Waals surface area contributed by atoms with Crippen molar-refractivity contribution in [1.82, 2.24) is 24.6 Å². The van der Waals surface area contributed by atoms with Crippen molar-refractivity contribution in [1.29, 1.82) is 0 Å². The van der Waals surface area contributed by atoms with E-state index in [9.17, 15) is 4.79 Å². The van der Waals surface area contributed by atoms with Crippen LogP contribution in [0.2, 0.25) is 0 Å². The van der Waals surface area contributed by atoms with Gasteiger partial charge in [0.2, 0.25) is 5.91 Å². The van der Waals surface area contributed by atoms with Crippen LogP contribution >= 0.6 is 12.2 Å². The Balaban J connectivity index is 1.78. The van der Waals surface area contributed by atoms with Crippen LogP contribution < -0.4 is 5.32 Å². The molecule has 0 unspecified atom stereocenters. The van der Waals surface area contributed by atoms with Crippen LogP contribution in [0.4, 0.5) is 0 Å². The second-order valence-electron chi connectivity index (χ2n) is 5.05. The predicted molar refractivity (Wildman–Crippen MR) is 74.4 cm³/mol. The van der Waals surface area contributed by atoms with E-state index in [-0.39, 0.29) is 11.8 Å². The second kappa shape index (κ2) is 4.48. The van der Waals surface area contributed by atoms with Gasteiger partial charge < -0.3 is 10.3 Å². The lowest BCUT2D eigenvalue weighted by atomic mass is 10.4. The van der Waals surface area contributed by atoms with Crippen molar-refractivity contribution in [3.05, 3.63) is 10.5 Å². The van der Waals surface area contributed by atoms with E-state index in [1.807, 2.05) is 23.2 Å². The molecular weight excluding hydrogens is 262 g/mol. The number of carbonyl (C=O) groups is 1. The van der Waals surface area contributed by atoms with E-state index < -0.39 is 0 Å². The Labute approximate surface area is 115 Å². The van der Waals surface area contributed by atoms with Gasteiger partial charge in [0.05, 0.1) is 5.69 Å². The standard InChI is InChI=1S/C12H17N5OS/c1-7-9-11(16(2)15-7)17(12(19)14-9)6-5-13-10(18)8-3-4-8/h8H,3-6H2,1-2H3,(H,13,18)(H,14,19). The Bertz CT molecular complexity index is 691. The number of aromatic amines is 1. The number of nitrogens with one attached hydrogen (secondary N) is 2. The zero-order valence-electron chi connectivity index (χ0n) is 11.1. The summed E-state index contributed by atoms with van der Waals surface area (Å²) in [7, 11) is 1.90. The van der Waals surface area contributed by atoms with Gasteiger partial charge in [0, 0.05) is 26.1 Å². The summed E-state index contributed by atoms with van der Waals surface area (Å²) in [5.41, 5.74) is 2.88. The average Bonchev–Trinajstić information content (AvgIpc) is 3.10. The molecule has 102 valence electrons. The van der Waals surface area contributed by atoms with Crippen molar-refractivity contribution in [2.75, 3.05) is 6.54 Å². The van der Waals surface area contributed by atoms with Crippen LogP contribution in [0.3, 0.4) is 0 Å². The topological polar surface area (TPSA) is 67.6 Å². The Morgan fingerprint density at radius 1 is 1.58 bits per heavy atom. The first-order valence-electron chi connectivity index (χ1n) is 6.47. The molecular formula is C12H17N5OS. The molecule has 1 amide bonds. The number of hydrogen-bond acceptors (Lipinski definition) is 3. The Morgan fingerprint density at radius 2 is 2.32 bits per heavy atom. The highest BCUT2D eigenvalue weighted by atomic mass is 32.1. The zero-order chi connectivity index (χ0) is 13.6. The maximum absolute atomic E-state index is 11.6. The van der Waals surface area contributed by atoms with Crippen molar-refractivity contribution in [2.45, 2.75) is 26.3 Å². The van der Waals surface area contributed by atoms with Gasteiger partial charge in [0.25, 0.3) is 0 Å². The molecule has 0 aromatic carbocycles. The summed E-state index contributed by atoms with van der Waals surface area (Å²) in [6.07, 6.45) is 2.06. The minimum absolute atomic E-state index is 0.166. The molecule has 3 rings (SSSR count). The van der Waals surface area contributed by atoms with E-state index in [0.29, 0.717) is 17.9 Å². The third-order valence-corrected chi connectivity index (χ3v) is 3.83. The first kappa shape index (κ1) is 12.4. The summed E-state index contributed by atoms with van der Waals surface area (Å²) in [5.74, 6) is 0.414. The van der Waals surface area contributed by atoms with Crippen LogP contribution in [-0.4, -0.2) is 31.8 Å². The van der Waals surface area contributed by atoms with E-state index in [1.54, 1.807) is 0 Å². The molecule has 1 aliphatic rings. The second-order valence-corrected chi connectivity index (χ2v) is 5.44. The van der Waals surface area contributed by atoms with Gasteiger partial charge in [-0.1, -0.05) is 0 Å². The molecule has 0 saturated heterocycles. The minimum Gasteiger partial charge on any atom is -0.354 e. The van der Waals surface area contributed by atoms with Gasteiger partial charge in [-0.3, -0.25) is 14.0 Å². The molecule has 19 heavy (non-hydrogen) atoms. The first-order chi connectivity index (χ1) is 9.08. The summed E-state index contributed by atoms with van der Waals surface area (Å²) >= 11 is 5.32. The number of H-pyrrole nitrogens is 1. The number of imidazole rings is 1. The predicted octanol–water partition coefficient (Wildman–Crippen LogP) is 1.27. The normalized spacial score (nSPS) is 15.1. The first-order valence-corrected chi connectivity index (χ1v) is 6.88. The van der Waals surface area contributed by atoms with Gasteiger partial charge >= 0.3 is 0 Å². The maximum Gasteiger partial charge on any atom is 0.223 e. The van der Waals surface area contributed by atoms with E-state index in [4.69, 9.17) is 12.2 Å². The van der Waals surface area contributed by atoms with Gasteiger partial charge in [-0.15, -0.1) is 0 Å². The number of nitrogens with zero attached hydrogens (tertiary/aromatic N) is 3. The number of carbonyl (C=O) groups excluding carboxylic acids is 1.